The summed E-state index contributed by atoms with van der Waals surface area (Å²) in [6, 6.07) is 15.7. The molecule has 3 aliphatic heterocycles. The fourth-order valence-corrected chi connectivity index (χ4v) is 4.04. The van der Waals surface area contributed by atoms with E-state index in [0.29, 0.717) is 6.04 Å². The average Bonchev–Trinajstić information content (AvgIpc) is 2.89. The van der Waals surface area contributed by atoms with Gasteiger partial charge in [-0.2, -0.15) is 0 Å². The zero-order chi connectivity index (χ0) is 14.8. The third-order valence-electron chi connectivity index (χ3n) is 5.09. The summed E-state index contributed by atoms with van der Waals surface area (Å²) in [6.07, 6.45) is 4.50. The van der Waals surface area contributed by atoms with E-state index in [1.54, 1.807) is 6.26 Å². The minimum absolute atomic E-state index is 0.689. The first-order valence-corrected chi connectivity index (χ1v) is 8.39. The van der Waals surface area contributed by atoms with E-state index in [2.05, 4.69) is 46.2 Å². The maximum Gasteiger partial charge on any atom is 0.117 e. The molecule has 4 heterocycles. The smallest absolute Gasteiger partial charge is 0.117 e. The molecule has 0 N–H and O–H groups in total. The van der Waals surface area contributed by atoms with Crippen LogP contribution in [0, 0.1) is 5.92 Å². The van der Waals surface area contributed by atoms with Gasteiger partial charge in [-0.1, -0.05) is 30.3 Å². The molecule has 22 heavy (non-hydrogen) atoms. The van der Waals surface area contributed by atoms with Crippen LogP contribution in [-0.4, -0.2) is 35.5 Å². The topological polar surface area (TPSA) is 19.6 Å². The van der Waals surface area contributed by atoms with Crippen LogP contribution >= 0.6 is 0 Å². The summed E-state index contributed by atoms with van der Waals surface area (Å²) in [5.41, 5.74) is 1.44. The first kappa shape index (κ1) is 14.0. The maximum absolute atomic E-state index is 5.54. The van der Waals surface area contributed by atoms with Crippen LogP contribution in [0.15, 0.2) is 53.1 Å². The molecule has 0 unspecified atom stereocenters. The SMILES string of the molecule is c1ccc(CN2C[C@@H]3CC[C@H]2CN(Cc2ccco2)C3)cc1. The van der Waals surface area contributed by atoms with Crippen molar-refractivity contribution in [2.45, 2.75) is 32.0 Å². The van der Waals surface area contributed by atoms with Crippen molar-refractivity contribution in [3.63, 3.8) is 0 Å². The zero-order valence-electron chi connectivity index (χ0n) is 13.0. The molecule has 1 aromatic heterocycles. The van der Waals surface area contributed by atoms with E-state index >= 15 is 0 Å². The molecule has 2 aromatic rings. The van der Waals surface area contributed by atoms with Crippen molar-refractivity contribution in [3.8, 4) is 0 Å². The molecule has 0 amide bonds. The fourth-order valence-electron chi connectivity index (χ4n) is 4.04. The summed E-state index contributed by atoms with van der Waals surface area (Å²) >= 11 is 0. The standard InChI is InChI=1S/C19H24N2O/c1-2-5-16(6-3-1)12-21-13-17-8-9-18(21)14-20(11-17)15-19-7-4-10-22-19/h1-7,10,17-18H,8-9,11-15H2/t17-,18+/m1/s1. The summed E-state index contributed by atoms with van der Waals surface area (Å²) in [6.45, 7) is 5.68. The molecule has 1 aromatic carbocycles. The second kappa shape index (κ2) is 6.27. The lowest BCUT2D eigenvalue weighted by molar-refractivity contribution is 0.122. The molecule has 3 nitrogen and oxygen atoms in total. The molecule has 3 heteroatoms. The van der Waals surface area contributed by atoms with Gasteiger partial charge in [-0.25, -0.2) is 0 Å². The molecule has 3 fully saturated rings. The Hall–Kier alpha value is -1.58. The Kier molecular flexibility index (Phi) is 4.00. The van der Waals surface area contributed by atoms with Crippen molar-refractivity contribution in [2.24, 2.45) is 5.92 Å². The van der Waals surface area contributed by atoms with Gasteiger partial charge in [0, 0.05) is 32.2 Å². The highest BCUT2D eigenvalue weighted by Crippen LogP contribution is 2.29. The third kappa shape index (κ3) is 3.11. The van der Waals surface area contributed by atoms with Gasteiger partial charge in [-0.05, 0) is 36.5 Å². The van der Waals surface area contributed by atoms with Crippen molar-refractivity contribution in [3.05, 3.63) is 60.1 Å². The molecule has 3 aliphatic rings. The molecule has 0 aliphatic carbocycles. The lowest BCUT2D eigenvalue weighted by Gasteiger charge is -2.36. The fraction of sp³-hybridized carbons (Fsp3) is 0.474. The Bertz CT molecular complexity index is 581. The number of nitrogens with zero attached hydrogens (tertiary/aromatic N) is 2. The van der Waals surface area contributed by atoms with E-state index in [-0.39, 0.29) is 0 Å². The molecule has 5 rings (SSSR count). The number of fused-ring (bicyclic) bond motifs is 4. The van der Waals surface area contributed by atoms with Gasteiger partial charge < -0.3 is 4.42 Å². The third-order valence-corrected chi connectivity index (χ3v) is 5.09. The van der Waals surface area contributed by atoms with Crippen LogP contribution in [0.25, 0.3) is 0 Å². The second-order valence-corrected chi connectivity index (χ2v) is 6.79. The van der Waals surface area contributed by atoms with Crippen LogP contribution < -0.4 is 0 Å². The molecule has 2 atom stereocenters. The molecule has 0 spiro atoms. The Morgan fingerprint density at radius 1 is 0.909 bits per heavy atom. The van der Waals surface area contributed by atoms with Gasteiger partial charge in [0.15, 0.2) is 0 Å². The van der Waals surface area contributed by atoms with Crippen molar-refractivity contribution >= 4 is 0 Å². The van der Waals surface area contributed by atoms with E-state index in [1.165, 1.54) is 38.0 Å². The van der Waals surface area contributed by atoms with Gasteiger partial charge in [0.2, 0.25) is 0 Å². The van der Waals surface area contributed by atoms with Crippen molar-refractivity contribution in [1.82, 2.24) is 9.80 Å². The normalized spacial score (nSPS) is 26.2. The van der Waals surface area contributed by atoms with Gasteiger partial charge >= 0.3 is 0 Å². The Balaban J connectivity index is 1.44. The van der Waals surface area contributed by atoms with Crippen LogP contribution in [-0.2, 0) is 13.1 Å². The molecule has 2 bridgehead atoms. The van der Waals surface area contributed by atoms with Gasteiger partial charge in [-0.15, -0.1) is 0 Å². The Morgan fingerprint density at radius 3 is 2.64 bits per heavy atom. The first-order chi connectivity index (χ1) is 10.9. The minimum atomic E-state index is 0.689. The summed E-state index contributed by atoms with van der Waals surface area (Å²) in [5.74, 6) is 1.90. The lowest BCUT2D eigenvalue weighted by atomic mass is 9.94. The molecular weight excluding hydrogens is 272 g/mol. The largest absolute Gasteiger partial charge is 0.468 e. The van der Waals surface area contributed by atoms with Crippen LogP contribution in [0.2, 0.25) is 0 Å². The molecular formula is C19H24N2O. The van der Waals surface area contributed by atoms with Gasteiger partial charge in [-0.3, -0.25) is 9.80 Å². The second-order valence-electron chi connectivity index (χ2n) is 6.79. The van der Waals surface area contributed by atoms with Crippen LogP contribution in [0.4, 0.5) is 0 Å². The predicted molar refractivity (Wildman–Crippen MR) is 87.3 cm³/mol. The van der Waals surface area contributed by atoms with Gasteiger partial charge in [0.25, 0.3) is 0 Å². The highest BCUT2D eigenvalue weighted by atomic mass is 16.3. The summed E-state index contributed by atoms with van der Waals surface area (Å²) in [7, 11) is 0. The van der Waals surface area contributed by atoms with E-state index in [0.717, 1.165) is 24.8 Å². The van der Waals surface area contributed by atoms with Crippen LogP contribution in [0.3, 0.4) is 0 Å². The highest BCUT2D eigenvalue weighted by Gasteiger charge is 2.34. The van der Waals surface area contributed by atoms with Crippen molar-refractivity contribution < 1.29 is 4.42 Å². The summed E-state index contributed by atoms with van der Waals surface area (Å²) in [5, 5.41) is 0. The molecule has 0 saturated carbocycles. The van der Waals surface area contributed by atoms with Crippen LogP contribution in [0.1, 0.15) is 24.2 Å². The highest BCUT2D eigenvalue weighted by molar-refractivity contribution is 5.15. The number of hydrogen-bond acceptors (Lipinski definition) is 3. The Labute approximate surface area is 132 Å². The quantitative estimate of drug-likeness (QED) is 0.862. The van der Waals surface area contributed by atoms with Gasteiger partial charge in [0.05, 0.1) is 12.8 Å². The van der Waals surface area contributed by atoms with E-state index in [4.69, 9.17) is 4.42 Å². The minimum Gasteiger partial charge on any atom is -0.468 e. The number of rotatable bonds is 4. The maximum atomic E-state index is 5.54. The average molecular weight is 296 g/mol. The molecule has 0 radical (unpaired) electrons. The van der Waals surface area contributed by atoms with Gasteiger partial charge in [0.1, 0.15) is 5.76 Å². The first-order valence-electron chi connectivity index (χ1n) is 8.39. The zero-order valence-corrected chi connectivity index (χ0v) is 13.0. The summed E-state index contributed by atoms with van der Waals surface area (Å²) in [4.78, 5) is 5.29. The number of benzene rings is 1. The Morgan fingerprint density at radius 2 is 1.82 bits per heavy atom. The molecule has 116 valence electrons. The summed E-state index contributed by atoms with van der Waals surface area (Å²) < 4.78 is 5.54. The van der Waals surface area contributed by atoms with E-state index < -0.39 is 0 Å². The van der Waals surface area contributed by atoms with Crippen LogP contribution in [0.5, 0.6) is 0 Å². The van der Waals surface area contributed by atoms with E-state index in [9.17, 15) is 0 Å². The van der Waals surface area contributed by atoms with Crippen molar-refractivity contribution in [2.75, 3.05) is 19.6 Å². The lowest BCUT2D eigenvalue weighted by Crippen LogP contribution is -2.43. The monoisotopic (exact) mass is 296 g/mol. The number of furan rings is 1. The van der Waals surface area contributed by atoms with E-state index in [1.807, 2.05) is 6.07 Å². The van der Waals surface area contributed by atoms with Crippen molar-refractivity contribution in [1.29, 1.82) is 0 Å². The predicted octanol–water partition coefficient (Wildman–Crippen LogP) is 3.38. The number of hydrogen-bond donors (Lipinski definition) is 0. The number of piperidine rings is 1. The molecule has 3 saturated heterocycles.